The van der Waals surface area contributed by atoms with E-state index >= 15 is 0 Å². The van der Waals surface area contributed by atoms with E-state index < -0.39 is 0 Å². The molecule has 0 N–H and O–H groups in total. The van der Waals surface area contributed by atoms with Gasteiger partial charge >= 0.3 is 0 Å². The van der Waals surface area contributed by atoms with Gasteiger partial charge in [0.05, 0.1) is 5.69 Å². The Morgan fingerprint density at radius 1 is 0.759 bits per heavy atom. The average molecular weight is 401 g/mol. The van der Waals surface area contributed by atoms with Crippen LogP contribution in [0.25, 0.3) is 11.5 Å². The van der Waals surface area contributed by atoms with Crippen LogP contribution in [0, 0.1) is 0 Å². The largest absolute Gasteiger partial charge is 0.330 e. The third-order valence-electron chi connectivity index (χ3n) is 5.96. The third-order valence-corrected chi connectivity index (χ3v) is 5.96. The van der Waals surface area contributed by atoms with Crippen molar-refractivity contribution in [1.29, 1.82) is 0 Å². The molecule has 4 nitrogen and oxygen atoms in total. The van der Waals surface area contributed by atoms with Crippen LogP contribution >= 0.6 is 0 Å². The van der Waals surface area contributed by atoms with Gasteiger partial charge < -0.3 is 9.13 Å². The van der Waals surface area contributed by atoms with Gasteiger partial charge in [-0.15, -0.1) is 0 Å². The first-order chi connectivity index (χ1) is 14.2. The van der Waals surface area contributed by atoms with Crippen LogP contribution in [0.15, 0.2) is 12.4 Å². The van der Waals surface area contributed by atoms with Crippen molar-refractivity contribution < 1.29 is 0 Å². The van der Waals surface area contributed by atoms with Crippen molar-refractivity contribution >= 4 is 0 Å². The number of rotatable bonds is 16. The second-order valence-corrected chi connectivity index (χ2v) is 8.51. The minimum absolute atomic E-state index is 1.04. The van der Waals surface area contributed by atoms with Gasteiger partial charge in [0.1, 0.15) is 11.5 Å². The van der Waals surface area contributed by atoms with Gasteiger partial charge in [-0.2, -0.15) is 0 Å². The quantitative estimate of drug-likeness (QED) is 0.281. The Hall–Kier alpha value is -1.58. The van der Waals surface area contributed by atoms with E-state index in [0.717, 1.165) is 25.2 Å². The van der Waals surface area contributed by atoms with Crippen LogP contribution in [0.5, 0.6) is 0 Å². The highest BCUT2D eigenvalue weighted by Crippen LogP contribution is 2.26. The first-order valence-corrected chi connectivity index (χ1v) is 12.3. The Kier molecular flexibility index (Phi) is 11.1. The molecule has 0 aliphatic carbocycles. The van der Waals surface area contributed by atoms with Gasteiger partial charge in [-0.3, -0.25) is 0 Å². The maximum atomic E-state index is 5.13. The lowest BCUT2D eigenvalue weighted by Crippen LogP contribution is -2.06. The molecule has 164 valence electrons. The molecule has 2 aromatic heterocycles. The summed E-state index contributed by atoms with van der Waals surface area (Å²) >= 11 is 0. The van der Waals surface area contributed by atoms with E-state index in [1.807, 2.05) is 6.20 Å². The molecular weight excluding hydrogens is 356 g/mol. The second kappa shape index (κ2) is 13.6. The molecule has 4 heteroatoms. The highest BCUT2D eigenvalue weighted by Gasteiger charge is 2.19. The Balaban J connectivity index is 2.14. The lowest BCUT2D eigenvalue weighted by molar-refractivity contribution is 0.594. The second-order valence-electron chi connectivity index (χ2n) is 8.51. The normalized spacial score (nSPS) is 11.4. The summed E-state index contributed by atoms with van der Waals surface area (Å²) in [4.78, 5) is 9.88. The molecule has 0 saturated carbocycles. The number of aryl methyl sites for hydroxylation is 3. The van der Waals surface area contributed by atoms with Crippen molar-refractivity contribution in [1.82, 2.24) is 19.1 Å². The van der Waals surface area contributed by atoms with E-state index in [0.29, 0.717) is 0 Å². The van der Waals surface area contributed by atoms with Crippen LogP contribution in [-0.4, -0.2) is 19.1 Å². The van der Waals surface area contributed by atoms with Gasteiger partial charge in [-0.25, -0.2) is 9.97 Å². The van der Waals surface area contributed by atoms with Crippen LogP contribution in [0.2, 0.25) is 0 Å². The topological polar surface area (TPSA) is 35.6 Å². The Labute approximate surface area is 179 Å². The zero-order valence-electron chi connectivity index (χ0n) is 19.6. The van der Waals surface area contributed by atoms with Crippen molar-refractivity contribution in [3.05, 3.63) is 23.9 Å². The van der Waals surface area contributed by atoms with E-state index in [4.69, 9.17) is 9.97 Å². The Bertz CT molecular complexity index is 683. The van der Waals surface area contributed by atoms with E-state index in [1.165, 1.54) is 94.3 Å². The van der Waals surface area contributed by atoms with Crippen LogP contribution < -0.4 is 0 Å². The molecule has 0 unspecified atom stereocenters. The van der Waals surface area contributed by atoms with Crippen molar-refractivity contribution in [3.8, 4) is 11.5 Å². The van der Waals surface area contributed by atoms with Gasteiger partial charge in [0, 0.05) is 32.4 Å². The molecule has 0 saturated heterocycles. The summed E-state index contributed by atoms with van der Waals surface area (Å²) in [6, 6.07) is 0. The molecule has 0 fully saturated rings. The third kappa shape index (κ3) is 7.31. The number of hydrogen-bond acceptors (Lipinski definition) is 2. The number of nitrogens with zero attached hydrogens (tertiary/aromatic N) is 4. The highest BCUT2D eigenvalue weighted by molar-refractivity contribution is 5.55. The Morgan fingerprint density at radius 3 is 2.10 bits per heavy atom. The minimum Gasteiger partial charge on any atom is -0.330 e. The SMILES string of the molecule is CCCCCCCCc1nc(CCCCCC)c(-c2nccn2CCCC)n1C. The molecule has 0 aliphatic rings. The fourth-order valence-electron chi connectivity index (χ4n) is 4.10. The maximum absolute atomic E-state index is 5.13. The zero-order valence-corrected chi connectivity index (χ0v) is 19.6. The van der Waals surface area contributed by atoms with E-state index in [2.05, 4.69) is 43.1 Å². The zero-order chi connectivity index (χ0) is 20.9. The molecule has 0 spiro atoms. The summed E-state index contributed by atoms with van der Waals surface area (Å²) in [7, 11) is 2.20. The standard InChI is InChI=1S/C25H44N4/c1-5-8-11-13-14-16-18-23-27-22(17-15-12-9-6-2)24(28(23)4)25-26-19-21-29(25)20-10-7-3/h19,21H,5-18,20H2,1-4H3. The van der Waals surface area contributed by atoms with Crippen molar-refractivity contribution in [2.24, 2.45) is 7.05 Å². The first kappa shape index (κ1) is 23.7. The maximum Gasteiger partial charge on any atom is 0.158 e. The summed E-state index contributed by atoms with van der Waals surface area (Å²) in [6.45, 7) is 7.84. The molecule has 0 aromatic carbocycles. The molecular formula is C25H44N4. The monoisotopic (exact) mass is 400 g/mol. The summed E-state index contributed by atoms with van der Waals surface area (Å²) in [5.41, 5.74) is 2.51. The molecule has 2 aromatic rings. The fraction of sp³-hybridized carbons (Fsp3) is 0.760. The van der Waals surface area contributed by atoms with Gasteiger partial charge in [0.2, 0.25) is 0 Å². The number of hydrogen-bond donors (Lipinski definition) is 0. The Morgan fingerprint density at radius 2 is 1.38 bits per heavy atom. The molecule has 0 aliphatic heterocycles. The molecule has 2 heterocycles. The van der Waals surface area contributed by atoms with Crippen molar-refractivity contribution in [2.45, 2.75) is 117 Å². The van der Waals surface area contributed by atoms with Gasteiger partial charge in [0.15, 0.2) is 5.82 Å². The number of unbranched alkanes of at least 4 members (excludes halogenated alkanes) is 9. The van der Waals surface area contributed by atoms with Gasteiger partial charge in [-0.1, -0.05) is 78.6 Å². The smallest absolute Gasteiger partial charge is 0.158 e. The van der Waals surface area contributed by atoms with E-state index in [9.17, 15) is 0 Å². The van der Waals surface area contributed by atoms with Crippen molar-refractivity contribution in [2.75, 3.05) is 0 Å². The molecule has 29 heavy (non-hydrogen) atoms. The number of aromatic nitrogens is 4. The number of imidazole rings is 2. The predicted octanol–water partition coefficient (Wildman–Crippen LogP) is 7.11. The summed E-state index contributed by atoms with van der Waals surface area (Å²) in [5.74, 6) is 2.35. The van der Waals surface area contributed by atoms with Crippen LogP contribution in [0.1, 0.15) is 109 Å². The van der Waals surface area contributed by atoms with E-state index in [-0.39, 0.29) is 0 Å². The molecule has 0 bridgehead atoms. The molecule has 0 atom stereocenters. The summed E-state index contributed by atoms with van der Waals surface area (Å²) in [5, 5.41) is 0. The minimum atomic E-state index is 1.04. The molecule has 2 rings (SSSR count). The lowest BCUT2D eigenvalue weighted by Gasteiger charge is -2.11. The molecule has 0 amide bonds. The van der Waals surface area contributed by atoms with Crippen LogP contribution in [0.4, 0.5) is 0 Å². The average Bonchev–Trinajstić information content (AvgIpc) is 3.30. The van der Waals surface area contributed by atoms with Gasteiger partial charge in [0.25, 0.3) is 0 Å². The van der Waals surface area contributed by atoms with Gasteiger partial charge in [-0.05, 0) is 25.7 Å². The van der Waals surface area contributed by atoms with Crippen LogP contribution in [-0.2, 0) is 26.4 Å². The van der Waals surface area contributed by atoms with E-state index in [1.54, 1.807) is 0 Å². The summed E-state index contributed by atoms with van der Waals surface area (Å²) < 4.78 is 4.66. The van der Waals surface area contributed by atoms with Crippen LogP contribution in [0.3, 0.4) is 0 Å². The first-order valence-electron chi connectivity index (χ1n) is 12.3. The lowest BCUT2D eigenvalue weighted by atomic mass is 10.1. The summed E-state index contributed by atoms with van der Waals surface area (Å²) in [6.07, 6.45) is 21.7. The predicted molar refractivity (Wildman–Crippen MR) is 124 cm³/mol. The fourth-order valence-corrected chi connectivity index (χ4v) is 4.10. The molecule has 0 radical (unpaired) electrons. The van der Waals surface area contributed by atoms with Crippen molar-refractivity contribution in [3.63, 3.8) is 0 Å². The highest BCUT2D eigenvalue weighted by atomic mass is 15.1.